The van der Waals surface area contributed by atoms with Crippen molar-refractivity contribution in [3.05, 3.63) is 47.3 Å². The summed E-state index contributed by atoms with van der Waals surface area (Å²) >= 11 is 0. The number of amides is 3. The number of anilines is 2. The highest BCUT2D eigenvalue weighted by atomic mass is 19.4. The van der Waals surface area contributed by atoms with E-state index in [2.05, 4.69) is 15.3 Å². The number of nitrogens with zero attached hydrogens (tertiary/aromatic N) is 4. The first-order valence-corrected chi connectivity index (χ1v) is 9.31. The van der Waals surface area contributed by atoms with Crippen molar-refractivity contribution in [1.82, 2.24) is 15.3 Å². The molecule has 0 saturated carbocycles. The normalized spacial score (nSPS) is 16.6. The smallest absolute Gasteiger partial charge is 0.416 e. The molecule has 3 aromatic heterocycles. The lowest BCUT2D eigenvalue weighted by molar-refractivity contribution is -0.137. The van der Waals surface area contributed by atoms with Gasteiger partial charge < -0.3 is 9.73 Å². The monoisotopic (exact) mass is 433 g/mol. The van der Waals surface area contributed by atoms with Gasteiger partial charge in [-0.25, -0.2) is 14.8 Å². The van der Waals surface area contributed by atoms with E-state index in [0.29, 0.717) is 16.9 Å². The van der Waals surface area contributed by atoms with Crippen molar-refractivity contribution in [1.29, 1.82) is 0 Å². The Morgan fingerprint density at radius 3 is 2.71 bits per heavy atom. The van der Waals surface area contributed by atoms with Gasteiger partial charge in [0, 0.05) is 24.8 Å². The largest absolute Gasteiger partial charge is 0.462 e. The van der Waals surface area contributed by atoms with Gasteiger partial charge >= 0.3 is 12.2 Å². The quantitative estimate of drug-likeness (QED) is 0.684. The molecule has 0 aromatic carbocycles. The molecule has 0 aliphatic carbocycles. The van der Waals surface area contributed by atoms with Gasteiger partial charge in [0.2, 0.25) is 0 Å². The summed E-state index contributed by atoms with van der Waals surface area (Å²) in [6.07, 6.45) is -3.07. The summed E-state index contributed by atoms with van der Waals surface area (Å²) in [7, 11) is 1.48. The van der Waals surface area contributed by atoms with Crippen molar-refractivity contribution in [3.63, 3.8) is 0 Å². The molecule has 3 aromatic rings. The zero-order valence-electron chi connectivity index (χ0n) is 16.8. The van der Waals surface area contributed by atoms with Gasteiger partial charge in [-0.15, -0.1) is 0 Å². The van der Waals surface area contributed by atoms with Crippen LogP contribution in [0.15, 0.2) is 34.9 Å². The number of hydrogen-bond donors (Lipinski definition) is 1. The molecule has 162 valence electrons. The highest BCUT2D eigenvalue weighted by Gasteiger charge is 2.41. The van der Waals surface area contributed by atoms with Crippen LogP contribution in [-0.4, -0.2) is 41.5 Å². The number of aromatic nitrogens is 2. The molecule has 1 aliphatic rings. The number of rotatable bonds is 3. The molecule has 1 fully saturated rings. The minimum absolute atomic E-state index is 0.0756. The summed E-state index contributed by atoms with van der Waals surface area (Å²) < 4.78 is 45.1. The molecule has 1 aliphatic heterocycles. The Bertz CT molecular complexity index is 1190. The number of aryl methyl sites for hydroxylation is 2. The van der Waals surface area contributed by atoms with E-state index in [9.17, 15) is 22.8 Å². The number of halogens is 3. The minimum Gasteiger partial charge on any atom is -0.462 e. The van der Waals surface area contributed by atoms with E-state index >= 15 is 0 Å². The molecule has 0 spiro atoms. The van der Waals surface area contributed by atoms with Crippen LogP contribution < -0.4 is 15.1 Å². The number of hydrogen-bond acceptors (Lipinski definition) is 5. The fourth-order valence-electron chi connectivity index (χ4n) is 3.45. The Morgan fingerprint density at radius 1 is 1.26 bits per heavy atom. The number of pyridine rings is 2. The average molecular weight is 433 g/mol. The Labute approximate surface area is 174 Å². The number of nitrogens with one attached hydrogen (secondary N) is 1. The van der Waals surface area contributed by atoms with Crippen molar-refractivity contribution in [2.75, 3.05) is 23.4 Å². The van der Waals surface area contributed by atoms with E-state index in [1.165, 1.54) is 18.9 Å². The first kappa shape index (κ1) is 20.6. The number of carbonyl (C=O) groups is 2. The zero-order chi connectivity index (χ0) is 22.5. The van der Waals surface area contributed by atoms with Crippen molar-refractivity contribution in [2.24, 2.45) is 0 Å². The van der Waals surface area contributed by atoms with E-state index in [0.717, 1.165) is 22.6 Å². The maximum absolute atomic E-state index is 13.2. The van der Waals surface area contributed by atoms with Gasteiger partial charge in [0.15, 0.2) is 5.58 Å². The number of alkyl halides is 3. The Kier molecular flexibility index (Phi) is 4.83. The number of fused-ring (bicyclic) bond motifs is 1. The van der Waals surface area contributed by atoms with Crippen molar-refractivity contribution in [3.8, 4) is 0 Å². The van der Waals surface area contributed by atoms with E-state index in [4.69, 9.17) is 4.42 Å². The fraction of sp³-hybridized carbons (Fsp3) is 0.300. The Balaban J connectivity index is 1.68. The van der Waals surface area contributed by atoms with Crippen LogP contribution >= 0.6 is 0 Å². The lowest BCUT2D eigenvalue weighted by Gasteiger charge is -2.26. The molecule has 4 heterocycles. The Morgan fingerprint density at radius 2 is 2.00 bits per heavy atom. The van der Waals surface area contributed by atoms with Gasteiger partial charge in [-0.05, 0) is 38.1 Å². The van der Waals surface area contributed by atoms with Gasteiger partial charge in [0.25, 0.3) is 5.91 Å². The first-order valence-electron chi connectivity index (χ1n) is 9.31. The van der Waals surface area contributed by atoms with Crippen LogP contribution in [0.3, 0.4) is 0 Å². The third-order valence-corrected chi connectivity index (χ3v) is 5.03. The van der Waals surface area contributed by atoms with Crippen molar-refractivity contribution in [2.45, 2.75) is 26.1 Å². The molecule has 3 amide bonds. The SMILES string of the molecule is Cc1cc(C(F)(F)F)cc(N2C(=O)NC[C@H]2C(=O)N(C)c2ccc3occ(C)c3n2)n1. The molecular formula is C20H18F3N5O3. The van der Waals surface area contributed by atoms with Crippen LogP contribution in [0, 0.1) is 13.8 Å². The van der Waals surface area contributed by atoms with Crippen molar-refractivity contribution < 1.29 is 27.2 Å². The van der Waals surface area contributed by atoms with Crippen LogP contribution in [0.5, 0.6) is 0 Å². The third-order valence-electron chi connectivity index (χ3n) is 5.03. The molecule has 8 nitrogen and oxygen atoms in total. The van der Waals surface area contributed by atoms with Gasteiger partial charge in [-0.1, -0.05) is 0 Å². The number of urea groups is 1. The third kappa shape index (κ3) is 3.66. The van der Waals surface area contributed by atoms with E-state index < -0.39 is 29.7 Å². The molecule has 1 N–H and O–H groups in total. The molecule has 1 atom stereocenters. The molecule has 0 unspecified atom stereocenters. The Hall–Kier alpha value is -3.63. The molecule has 1 saturated heterocycles. The summed E-state index contributed by atoms with van der Waals surface area (Å²) in [4.78, 5) is 36.3. The maximum Gasteiger partial charge on any atom is 0.416 e. The lowest BCUT2D eigenvalue weighted by Crippen LogP contribution is -2.47. The molecule has 11 heteroatoms. The van der Waals surface area contributed by atoms with Gasteiger partial charge in [-0.2, -0.15) is 13.2 Å². The van der Waals surface area contributed by atoms with Gasteiger partial charge in [0.05, 0.1) is 11.8 Å². The summed E-state index contributed by atoms with van der Waals surface area (Å²) in [5, 5.41) is 2.50. The molecule has 0 radical (unpaired) electrons. The number of carbonyl (C=O) groups excluding carboxylic acids is 2. The number of furan rings is 1. The van der Waals surface area contributed by atoms with E-state index in [-0.39, 0.29) is 18.1 Å². The summed E-state index contributed by atoms with van der Waals surface area (Å²) in [6.45, 7) is 3.13. The molecule has 31 heavy (non-hydrogen) atoms. The van der Waals surface area contributed by atoms with Crippen molar-refractivity contribution >= 4 is 34.7 Å². The highest BCUT2D eigenvalue weighted by Crippen LogP contribution is 2.33. The maximum atomic E-state index is 13.2. The van der Waals surface area contributed by atoms with Crippen LogP contribution in [0.1, 0.15) is 16.8 Å². The summed E-state index contributed by atoms with van der Waals surface area (Å²) in [5.41, 5.74) is 1.07. The van der Waals surface area contributed by atoms with Gasteiger partial charge in [-0.3, -0.25) is 14.6 Å². The van der Waals surface area contributed by atoms with Crippen LogP contribution in [0.25, 0.3) is 11.1 Å². The van der Waals surface area contributed by atoms with E-state index in [1.54, 1.807) is 18.4 Å². The lowest BCUT2D eigenvalue weighted by atomic mass is 10.2. The standard InChI is InChI=1S/C20H18F3N5O3/c1-10-9-31-14-4-5-15(26-17(10)14)27(3)18(29)13-8-24-19(30)28(13)16-7-12(20(21,22)23)6-11(2)25-16/h4-7,9,13H,8H2,1-3H3,(H,24,30)/t13-/m0/s1. The molecule has 0 bridgehead atoms. The molecule has 4 rings (SSSR count). The summed E-state index contributed by atoms with van der Waals surface area (Å²) in [6, 6.07) is 3.11. The van der Waals surface area contributed by atoms with Gasteiger partial charge in [0.1, 0.15) is 23.2 Å². The predicted octanol–water partition coefficient (Wildman–Crippen LogP) is 3.42. The zero-order valence-corrected chi connectivity index (χ0v) is 16.8. The second-order valence-corrected chi connectivity index (χ2v) is 7.26. The number of likely N-dealkylation sites (N-methyl/N-ethyl adjacent to an activating group) is 1. The van der Waals surface area contributed by atoms with Crippen LogP contribution in [0.2, 0.25) is 0 Å². The fourth-order valence-corrected chi connectivity index (χ4v) is 3.45. The topological polar surface area (TPSA) is 91.6 Å². The highest BCUT2D eigenvalue weighted by molar-refractivity contribution is 6.07. The van der Waals surface area contributed by atoms with Crippen LogP contribution in [0.4, 0.5) is 29.6 Å². The average Bonchev–Trinajstić information content (AvgIpc) is 3.28. The van der Waals surface area contributed by atoms with E-state index in [1.807, 2.05) is 6.92 Å². The van der Waals surface area contributed by atoms with Crippen LogP contribution in [-0.2, 0) is 11.0 Å². The summed E-state index contributed by atoms with van der Waals surface area (Å²) in [5.74, 6) is -0.458. The first-order chi connectivity index (χ1) is 14.6. The second-order valence-electron chi connectivity index (χ2n) is 7.26. The minimum atomic E-state index is -4.61. The second kappa shape index (κ2) is 7.25. The molecular weight excluding hydrogens is 415 g/mol. The predicted molar refractivity (Wildman–Crippen MR) is 106 cm³/mol.